The van der Waals surface area contributed by atoms with Gasteiger partial charge in [-0.25, -0.2) is 0 Å². The molecule has 2 unspecified atom stereocenters. The quantitative estimate of drug-likeness (QED) is 0.853. The molecule has 92 valence electrons. The van der Waals surface area contributed by atoms with Crippen LogP contribution in [0.5, 0.6) is 0 Å². The van der Waals surface area contributed by atoms with E-state index in [1.54, 1.807) is 0 Å². The van der Waals surface area contributed by atoms with Crippen molar-refractivity contribution in [2.45, 2.75) is 25.4 Å². The van der Waals surface area contributed by atoms with E-state index in [4.69, 9.17) is 5.26 Å². The Balaban J connectivity index is 2.33. The van der Waals surface area contributed by atoms with Gasteiger partial charge < -0.3 is 10.2 Å². The standard InChI is InChI=1S/C14H16N4/c1-11-10-18(13(6-7-15)9-17-11)14-5-3-2-4-12(14)8-16/h2-5,11,13,17H,6,9-10H2,1H3. The Hall–Kier alpha value is -2.04. The zero-order valence-corrected chi connectivity index (χ0v) is 10.4. The maximum absolute atomic E-state index is 9.17. The molecule has 1 aromatic rings. The van der Waals surface area contributed by atoms with Gasteiger partial charge in [-0.05, 0) is 19.1 Å². The number of nitrogens with zero attached hydrogens (tertiary/aromatic N) is 3. The number of hydrogen-bond acceptors (Lipinski definition) is 4. The number of anilines is 1. The molecule has 1 saturated heterocycles. The number of para-hydroxylation sites is 1. The molecule has 0 spiro atoms. The summed E-state index contributed by atoms with van der Waals surface area (Å²) in [5.74, 6) is 0. The summed E-state index contributed by atoms with van der Waals surface area (Å²) in [5, 5.41) is 21.5. The highest BCUT2D eigenvalue weighted by molar-refractivity contribution is 5.60. The molecule has 0 aliphatic carbocycles. The van der Waals surface area contributed by atoms with Crippen LogP contribution in [0.1, 0.15) is 18.9 Å². The van der Waals surface area contributed by atoms with E-state index in [2.05, 4.69) is 29.3 Å². The Kier molecular flexibility index (Phi) is 3.82. The first-order valence-electron chi connectivity index (χ1n) is 6.12. The number of benzene rings is 1. The van der Waals surface area contributed by atoms with E-state index in [1.165, 1.54) is 0 Å². The fourth-order valence-corrected chi connectivity index (χ4v) is 2.36. The third kappa shape index (κ3) is 2.45. The van der Waals surface area contributed by atoms with Gasteiger partial charge >= 0.3 is 0 Å². The van der Waals surface area contributed by atoms with Gasteiger partial charge in [0.2, 0.25) is 0 Å². The van der Waals surface area contributed by atoms with E-state index in [0.717, 1.165) is 18.8 Å². The van der Waals surface area contributed by atoms with Gasteiger partial charge in [-0.15, -0.1) is 0 Å². The van der Waals surface area contributed by atoms with Crippen molar-refractivity contribution in [2.75, 3.05) is 18.0 Å². The first-order chi connectivity index (χ1) is 8.76. The molecule has 0 aromatic heterocycles. The average Bonchev–Trinajstić information content (AvgIpc) is 2.41. The highest BCUT2D eigenvalue weighted by Crippen LogP contribution is 2.24. The SMILES string of the molecule is CC1CN(c2ccccc2C#N)C(CC#N)CN1. The molecule has 2 rings (SSSR count). The minimum absolute atomic E-state index is 0.140. The molecular formula is C14H16N4. The van der Waals surface area contributed by atoms with Crippen LogP contribution in [0, 0.1) is 22.7 Å². The second kappa shape index (κ2) is 5.53. The van der Waals surface area contributed by atoms with Crippen molar-refractivity contribution in [3.8, 4) is 12.1 Å². The summed E-state index contributed by atoms with van der Waals surface area (Å²) in [7, 11) is 0. The molecule has 4 heteroatoms. The molecule has 18 heavy (non-hydrogen) atoms. The monoisotopic (exact) mass is 240 g/mol. The van der Waals surface area contributed by atoms with Crippen molar-refractivity contribution in [1.82, 2.24) is 5.32 Å². The summed E-state index contributed by atoms with van der Waals surface area (Å²) in [5.41, 5.74) is 1.61. The fraction of sp³-hybridized carbons (Fsp3) is 0.429. The molecule has 1 fully saturated rings. The molecule has 1 aliphatic rings. The van der Waals surface area contributed by atoms with Gasteiger partial charge in [0, 0.05) is 19.1 Å². The smallest absolute Gasteiger partial charge is 0.101 e. The molecule has 1 aliphatic heterocycles. The minimum atomic E-state index is 0.140. The van der Waals surface area contributed by atoms with Crippen LogP contribution in [-0.2, 0) is 0 Å². The Labute approximate surface area is 107 Å². The highest BCUT2D eigenvalue weighted by Gasteiger charge is 2.27. The third-order valence-electron chi connectivity index (χ3n) is 3.27. The molecule has 0 bridgehead atoms. The van der Waals surface area contributed by atoms with Crippen LogP contribution in [-0.4, -0.2) is 25.2 Å². The predicted octanol–water partition coefficient (Wildman–Crippen LogP) is 1.64. The molecule has 2 atom stereocenters. The van der Waals surface area contributed by atoms with E-state index < -0.39 is 0 Å². The number of piperazine rings is 1. The Morgan fingerprint density at radius 1 is 1.39 bits per heavy atom. The van der Waals surface area contributed by atoms with Crippen molar-refractivity contribution >= 4 is 5.69 Å². The molecule has 1 N–H and O–H groups in total. The summed E-state index contributed by atoms with van der Waals surface area (Å²) in [6.07, 6.45) is 0.472. The lowest BCUT2D eigenvalue weighted by Crippen LogP contribution is -2.55. The number of hydrogen-bond donors (Lipinski definition) is 1. The largest absolute Gasteiger partial charge is 0.364 e. The van der Waals surface area contributed by atoms with E-state index in [0.29, 0.717) is 18.0 Å². The van der Waals surface area contributed by atoms with Gasteiger partial charge in [0.15, 0.2) is 0 Å². The summed E-state index contributed by atoms with van der Waals surface area (Å²) in [6.45, 7) is 3.73. The van der Waals surface area contributed by atoms with E-state index >= 15 is 0 Å². The van der Waals surface area contributed by atoms with Crippen molar-refractivity contribution in [2.24, 2.45) is 0 Å². The molecular weight excluding hydrogens is 224 g/mol. The summed E-state index contributed by atoms with van der Waals surface area (Å²) in [4.78, 5) is 2.18. The van der Waals surface area contributed by atoms with Crippen molar-refractivity contribution in [1.29, 1.82) is 10.5 Å². The first kappa shape index (κ1) is 12.4. The molecule has 0 saturated carbocycles. The second-order valence-corrected chi connectivity index (χ2v) is 4.61. The summed E-state index contributed by atoms with van der Waals surface area (Å²) < 4.78 is 0. The van der Waals surface area contributed by atoms with Crippen LogP contribution < -0.4 is 10.2 Å². The molecule has 0 amide bonds. The summed E-state index contributed by atoms with van der Waals surface area (Å²) in [6, 6.07) is 12.5. The van der Waals surface area contributed by atoms with Gasteiger partial charge in [-0.1, -0.05) is 12.1 Å². The zero-order valence-electron chi connectivity index (χ0n) is 10.4. The van der Waals surface area contributed by atoms with E-state index in [-0.39, 0.29) is 6.04 Å². The maximum atomic E-state index is 9.17. The molecule has 1 aromatic carbocycles. The predicted molar refractivity (Wildman–Crippen MR) is 70.0 cm³/mol. The van der Waals surface area contributed by atoms with Gasteiger partial charge in [0.25, 0.3) is 0 Å². The van der Waals surface area contributed by atoms with Crippen LogP contribution >= 0.6 is 0 Å². The number of nitriles is 2. The number of nitrogens with one attached hydrogen (secondary N) is 1. The van der Waals surface area contributed by atoms with Crippen LogP contribution in [0.25, 0.3) is 0 Å². The van der Waals surface area contributed by atoms with Gasteiger partial charge in [0.1, 0.15) is 6.07 Å². The fourth-order valence-electron chi connectivity index (χ4n) is 2.36. The van der Waals surface area contributed by atoms with E-state index in [1.807, 2.05) is 24.3 Å². The Morgan fingerprint density at radius 3 is 2.89 bits per heavy atom. The zero-order chi connectivity index (χ0) is 13.0. The van der Waals surface area contributed by atoms with Crippen LogP contribution in [0.15, 0.2) is 24.3 Å². The van der Waals surface area contributed by atoms with Crippen molar-refractivity contribution < 1.29 is 0 Å². The maximum Gasteiger partial charge on any atom is 0.101 e. The lowest BCUT2D eigenvalue weighted by Gasteiger charge is -2.40. The highest BCUT2D eigenvalue weighted by atomic mass is 15.2. The molecule has 1 heterocycles. The lowest BCUT2D eigenvalue weighted by molar-refractivity contribution is 0.412. The van der Waals surface area contributed by atoms with Crippen molar-refractivity contribution in [3.63, 3.8) is 0 Å². The van der Waals surface area contributed by atoms with E-state index in [9.17, 15) is 5.26 Å². The number of rotatable bonds is 2. The van der Waals surface area contributed by atoms with Gasteiger partial charge in [-0.2, -0.15) is 10.5 Å². The topological polar surface area (TPSA) is 62.9 Å². The second-order valence-electron chi connectivity index (χ2n) is 4.61. The Morgan fingerprint density at radius 2 is 2.17 bits per heavy atom. The summed E-state index contributed by atoms with van der Waals surface area (Å²) >= 11 is 0. The molecule has 0 radical (unpaired) electrons. The van der Waals surface area contributed by atoms with Gasteiger partial charge in [0.05, 0.1) is 29.8 Å². The van der Waals surface area contributed by atoms with Crippen LogP contribution in [0.4, 0.5) is 5.69 Å². The minimum Gasteiger partial charge on any atom is -0.364 e. The van der Waals surface area contributed by atoms with Crippen LogP contribution in [0.3, 0.4) is 0 Å². The normalized spacial score (nSPS) is 23.2. The molecule has 4 nitrogen and oxygen atoms in total. The van der Waals surface area contributed by atoms with Crippen molar-refractivity contribution in [3.05, 3.63) is 29.8 Å². The third-order valence-corrected chi connectivity index (χ3v) is 3.27. The lowest BCUT2D eigenvalue weighted by atomic mass is 10.0. The Bertz CT molecular complexity index is 497. The average molecular weight is 240 g/mol. The first-order valence-corrected chi connectivity index (χ1v) is 6.12. The van der Waals surface area contributed by atoms with Gasteiger partial charge in [-0.3, -0.25) is 0 Å². The van der Waals surface area contributed by atoms with Crippen LogP contribution in [0.2, 0.25) is 0 Å².